The lowest BCUT2D eigenvalue weighted by Gasteiger charge is -2.45. The topological polar surface area (TPSA) is 9.72 Å². The van der Waals surface area contributed by atoms with Gasteiger partial charge in [0.15, 0.2) is 0 Å². The molecule has 2 aliphatic rings. The first kappa shape index (κ1) is 39.4. The Hall–Kier alpha value is -8.92. The summed E-state index contributed by atoms with van der Waals surface area (Å²) in [6.45, 7) is 0. The second-order valence-corrected chi connectivity index (χ2v) is 17.7. The van der Waals surface area contributed by atoms with Crippen molar-refractivity contribution in [3.05, 3.63) is 295 Å². The van der Waals surface area contributed by atoms with E-state index in [9.17, 15) is 0 Å². The van der Waals surface area contributed by atoms with E-state index in [1.165, 1.54) is 61.2 Å². The van der Waals surface area contributed by atoms with Crippen LogP contribution in [-0.2, 0) is 5.41 Å². The van der Waals surface area contributed by atoms with Gasteiger partial charge in [-0.25, -0.2) is 0 Å². The molecule has 0 aromatic heterocycles. The van der Waals surface area contributed by atoms with Crippen molar-refractivity contribution in [1.29, 1.82) is 0 Å². The van der Waals surface area contributed by atoms with E-state index in [1.54, 1.807) is 0 Å². The summed E-state index contributed by atoms with van der Waals surface area (Å²) in [5.41, 5.74) is 19.6. The summed E-state index contributed by atoms with van der Waals surface area (Å²) in [6.07, 6.45) is 0. The van der Waals surface area contributed by atoms with Gasteiger partial charge in [0.2, 0.25) is 0 Å². The molecule has 11 aromatic rings. The Bertz CT molecular complexity index is 3530. The van der Waals surface area contributed by atoms with Gasteiger partial charge in [0.1, 0.15) is 0 Å². The summed E-state index contributed by atoms with van der Waals surface area (Å²) in [4.78, 5) is 7.20. The van der Waals surface area contributed by atoms with Gasteiger partial charge >= 0.3 is 0 Å². The Morgan fingerprint density at radius 2 is 0.662 bits per heavy atom. The van der Waals surface area contributed by atoms with E-state index in [-0.39, 0.29) is 0 Å². The van der Waals surface area contributed by atoms with E-state index in [0.717, 1.165) is 45.3 Å². The van der Waals surface area contributed by atoms with E-state index < -0.39 is 5.41 Å². The molecular weight excluding hydrogens is 823 g/mol. The third-order valence-corrected chi connectivity index (χ3v) is 14.0. The van der Waals surface area contributed by atoms with Gasteiger partial charge in [0.25, 0.3) is 0 Å². The SMILES string of the molecule is c1ccc(N(c2ccccc2)c2ccc(-c3ccc(N(c4ccccc4)c4ccc5c(c4)C4(c6ccccc6-5)c5ccccc5N(c5cccc6ccccc56)c5ccccc54)cc3)cc2)cc1. The summed E-state index contributed by atoms with van der Waals surface area (Å²) in [5, 5.41) is 2.45. The number of anilines is 9. The third kappa shape index (κ3) is 6.21. The Morgan fingerprint density at radius 3 is 1.24 bits per heavy atom. The van der Waals surface area contributed by atoms with Gasteiger partial charge in [0, 0.05) is 39.5 Å². The minimum Gasteiger partial charge on any atom is -0.311 e. The number of para-hydroxylation sites is 5. The number of benzene rings is 11. The highest BCUT2D eigenvalue weighted by Crippen LogP contribution is 2.64. The Balaban J connectivity index is 0.937. The molecule has 320 valence electrons. The lowest BCUT2D eigenvalue weighted by Crippen LogP contribution is -2.36. The number of hydrogen-bond donors (Lipinski definition) is 0. The fourth-order valence-corrected chi connectivity index (χ4v) is 11.1. The second-order valence-electron chi connectivity index (χ2n) is 17.7. The number of rotatable bonds is 8. The number of hydrogen-bond acceptors (Lipinski definition) is 3. The number of nitrogens with zero attached hydrogens (tertiary/aromatic N) is 3. The van der Waals surface area contributed by atoms with Crippen LogP contribution in [0.25, 0.3) is 33.0 Å². The van der Waals surface area contributed by atoms with Crippen LogP contribution < -0.4 is 14.7 Å². The van der Waals surface area contributed by atoms with Crippen LogP contribution in [0.2, 0.25) is 0 Å². The van der Waals surface area contributed by atoms with Crippen molar-refractivity contribution in [2.45, 2.75) is 5.41 Å². The quantitative estimate of drug-likeness (QED) is 0.151. The standard InChI is InChI=1S/C65H45N3/c1-4-21-49(22-5-1)66(50-23-6-2-7-24-50)52-39-35-46(36-40-52)47-37-41-53(42-38-47)67(51-25-8-3-9-26-51)54-43-44-57-56-28-12-13-29-58(56)65(61(57)45-54)59-30-14-16-32-63(59)68(64-33-17-15-31-60(64)65)62-34-18-20-48-19-10-11-27-55(48)62/h1-45H. The van der Waals surface area contributed by atoms with Crippen molar-refractivity contribution >= 4 is 62.0 Å². The Morgan fingerprint density at radius 1 is 0.265 bits per heavy atom. The van der Waals surface area contributed by atoms with Crippen LogP contribution in [0.5, 0.6) is 0 Å². The van der Waals surface area contributed by atoms with Crippen molar-refractivity contribution in [3.63, 3.8) is 0 Å². The molecule has 13 rings (SSSR count). The molecule has 0 N–H and O–H groups in total. The highest BCUT2D eigenvalue weighted by atomic mass is 15.2. The first-order valence-electron chi connectivity index (χ1n) is 23.4. The molecule has 68 heavy (non-hydrogen) atoms. The average molecular weight is 868 g/mol. The summed E-state index contributed by atoms with van der Waals surface area (Å²) < 4.78 is 0. The lowest BCUT2D eigenvalue weighted by atomic mass is 9.64. The molecule has 0 unspecified atom stereocenters. The fourth-order valence-electron chi connectivity index (χ4n) is 11.1. The summed E-state index contributed by atoms with van der Waals surface area (Å²) in [5.74, 6) is 0. The minimum atomic E-state index is -0.578. The fraction of sp³-hybridized carbons (Fsp3) is 0.0154. The van der Waals surface area contributed by atoms with Crippen LogP contribution >= 0.6 is 0 Å². The first-order chi connectivity index (χ1) is 33.8. The van der Waals surface area contributed by atoms with Crippen molar-refractivity contribution in [1.82, 2.24) is 0 Å². The molecule has 0 bridgehead atoms. The maximum absolute atomic E-state index is 2.50. The van der Waals surface area contributed by atoms with Crippen LogP contribution in [0, 0.1) is 0 Å². The molecule has 0 atom stereocenters. The first-order valence-corrected chi connectivity index (χ1v) is 23.4. The molecule has 1 spiro atoms. The van der Waals surface area contributed by atoms with Crippen LogP contribution in [0.1, 0.15) is 22.3 Å². The van der Waals surface area contributed by atoms with Crippen molar-refractivity contribution < 1.29 is 0 Å². The molecule has 0 radical (unpaired) electrons. The molecule has 1 aliphatic carbocycles. The smallest absolute Gasteiger partial charge is 0.0755 e. The maximum atomic E-state index is 2.50. The molecule has 3 heteroatoms. The zero-order chi connectivity index (χ0) is 45.0. The monoisotopic (exact) mass is 867 g/mol. The molecule has 0 saturated carbocycles. The van der Waals surface area contributed by atoms with E-state index in [4.69, 9.17) is 0 Å². The van der Waals surface area contributed by atoms with E-state index in [0.29, 0.717) is 0 Å². The van der Waals surface area contributed by atoms with Gasteiger partial charge in [-0.05, 0) is 141 Å². The molecule has 0 amide bonds. The van der Waals surface area contributed by atoms with Crippen molar-refractivity contribution in [2.75, 3.05) is 14.7 Å². The van der Waals surface area contributed by atoms with Gasteiger partial charge in [0.05, 0.1) is 22.5 Å². The van der Waals surface area contributed by atoms with E-state index in [2.05, 4.69) is 288 Å². The van der Waals surface area contributed by atoms with Gasteiger partial charge in [-0.1, -0.05) is 182 Å². The normalized spacial score (nSPS) is 12.8. The van der Waals surface area contributed by atoms with E-state index >= 15 is 0 Å². The summed E-state index contributed by atoms with van der Waals surface area (Å²) in [7, 11) is 0. The van der Waals surface area contributed by atoms with Gasteiger partial charge in [-0.3, -0.25) is 0 Å². The maximum Gasteiger partial charge on any atom is 0.0755 e. The third-order valence-electron chi connectivity index (χ3n) is 14.0. The van der Waals surface area contributed by atoms with Crippen LogP contribution in [0.15, 0.2) is 273 Å². The predicted molar refractivity (Wildman–Crippen MR) is 284 cm³/mol. The molecule has 11 aromatic carbocycles. The second kappa shape index (κ2) is 16.2. The van der Waals surface area contributed by atoms with Gasteiger partial charge < -0.3 is 14.7 Å². The zero-order valence-electron chi connectivity index (χ0n) is 37.3. The largest absolute Gasteiger partial charge is 0.311 e. The van der Waals surface area contributed by atoms with Gasteiger partial charge in [-0.2, -0.15) is 0 Å². The Labute approximate surface area is 397 Å². The highest BCUT2D eigenvalue weighted by molar-refractivity contribution is 6.03. The zero-order valence-corrected chi connectivity index (χ0v) is 37.3. The van der Waals surface area contributed by atoms with Crippen LogP contribution in [0.4, 0.5) is 51.2 Å². The summed E-state index contributed by atoms with van der Waals surface area (Å²) >= 11 is 0. The molecule has 3 nitrogen and oxygen atoms in total. The molecule has 0 saturated heterocycles. The van der Waals surface area contributed by atoms with Crippen LogP contribution in [0.3, 0.4) is 0 Å². The van der Waals surface area contributed by atoms with Crippen LogP contribution in [-0.4, -0.2) is 0 Å². The Kier molecular flexibility index (Phi) is 9.40. The van der Waals surface area contributed by atoms with Crippen molar-refractivity contribution in [3.8, 4) is 22.3 Å². The minimum absolute atomic E-state index is 0.578. The van der Waals surface area contributed by atoms with E-state index in [1.807, 2.05) is 0 Å². The molecule has 1 aliphatic heterocycles. The molecule has 0 fully saturated rings. The van der Waals surface area contributed by atoms with Crippen molar-refractivity contribution in [2.24, 2.45) is 0 Å². The van der Waals surface area contributed by atoms with Gasteiger partial charge in [-0.15, -0.1) is 0 Å². The average Bonchev–Trinajstić information content (AvgIpc) is 3.70. The summed E-state index contributed by atoms with van der Waals surface area (Å²) in [6, 6.07) is 99.6. The molecule has 1 heterocycles. The predicted octanol–water partition coefficient (Wildman–Crippen LogP) is 17.6. The number of fused-ring (bicyclic) bond motifs is 10. The lowest BCUT2D eigenvalue weighted by molar-refractivity contribution is 0.753. The molecular formula is C65H45N3. The highest BCUT2D eigenvalue weighted by Gasteiger charge is 2.52.